The first-order valence-electron chi connectivity index (χ1n) is 12.6. The molecule has 35 heavy (non-hydrogen) atoms. The van der Waals surface area contributed by atoms with Crippen molar-refractivity contribution < 1.29 is 34.3 Å². The number of halogens is 4. The first-order valence-corrected chi connectivity index (χ1v) is 15.9. The zero-order valence-electron chi connectivity index (χ0n) is 20.6. The van der Waals surface area contributed by atoms with E-state index >= 15 is 17.6 Å². The molecule has 3 fully saturated rings. The molecule has 3 unspecified atom stereocenters. The number of rotatable bonds is 10. The van der Waals surface area contributed by atoms with Crippen molar-refractivity contribution in [2.45, 2.75) is 88.2 Å². The Hall–Kier alpha value is -1.00. The van der Waals surface area contributed by atoms with Crippen LogP contribution in [0, 0.1) is 31.6 Å². The molecule has 3 atom stereocenters. The fourth-order valence-electron chi connectivity index (χ4n) is 6.07. The van der Waals surface area contributed by atoms with Crippen molar-refractivity contribution in [1.82, 2.24) is 0 Å². The minimum Gasteiger partial charge on any atom is -0.493 e. The zero-order chi connectivity index (χ0) is 25.6. The van der Waals surface area contributed by atoms with Crippen LogP contribution in [0.4, 0.5) is 17.6 Å². The van der Waals surface area contributed by atoms with E-state index in [1.807, 2.05) is 20.8 Å². The van der Waals surface area contributed by atoms with Crippen LogP contribution in [-0.4, -0.2) is 37.7 Å². The normalized spacial score (nSPS) is 27.3. The van der Waals surface area contributed by atoms with Gasteiger partial charge in [0, 0.05) is 22.3 Å². The van der Waals surface area contributed by atoms with Gasteiger partial charge in [0.05, 0.1) is 6.61 Å². The number of benzene rings is 1. The third-order valence-corrected chi connectivity index (χ3v) is 13.6. The minimum absolute atomic E-state index is 0.0221. The average Bonchev–Trinajstić information content (AvgIpc) is 3.53. The molecule has 1 aromatic carbocycles. The molecular weight excluding hydrogens is 504 g/mol. The number of ether oxygens (including phenoxy) is 1. The summed E-state index contributed by atoms with van der Waals surface area (Å²) in [6, 6.07) is 3.44. The second-order valence-corrected chi connectivity index (χ2v) is 15.3. The Kier molecular flexibility index (Phi) is 7.50. The highest BCUT2D eigenvalue weighted by Crippen LogP contribution is 2.66. The van der Waals surface area contributed by atoms with Gasteiger partial charge in [0.15, 0.2) is 0 Å². The first-order chi connectivity index (χ1) is 16.3. The lowest BCUT2D eigenvalue weighted by molar-refractivity contribution is -0.202. The topological polar surface area (TPSA) is 52.6 Å². The van der Waals surface area contributed by atoms with Crippen LogP contribution in [0.3, 0.4) is 0 Å². The summed E-state index contributed by atoms with van der Waals surface area (Å²) in [5.74, 6) is -5.72. The predicted octanol–water partition coefficient (Wildman–Crippen LogP) is 7.37. The van der Waals surface area contributed by atoms with E-state index in [2.05, 4.69) is 0 Å². The Morgan fingerprint density at radius 3 is 2.17 bits per heavy atom. The standard InChI is InChI=1S/C25H36F4O4S2/c1-4-5-10-32-23-17(2)13-21(14-18(23)3)34(11-6-7-12-34)33-35(30,31)25(28,29)24(26,27)22-16-19-8-9-20(22)15-19/h13-14,19-20,22H,4-12,15-16H2,1-3H3. The molecule has 2 bridgehead atoms. The summed E-state index contributed by atoms with van der Waals surface area (Å²) < 4.78 is 97.9. The summed E-state index contributed by atoms with van der Waals surface area (Å²) in [5.41, 5.74) is 1.49. The van der Waals surface area contributed by atoms with Crippen molar-refractivity contribution in [3.8, 4) is 5.75 Å². The van der Waals surface area contributed by atoms with E-state index in [4.69, 9.17) is 8.37 Å². The van der Waals surface area contributed by atoms with Crippen LogP contribution in [0.25, 0.3) is 0 Å². The number of aryl methyl sites for hydroxylation is 2. The summed E-state index contributed by atoms with van der Waals surface area (Å²) in [6.45, 7) is 6.21. The van der Waals surface area contributed by atoms with Crippen molar-refractivity contribution in [3.05, 3.63) is 23.3 Å². The maximum absolute atomic E-state index is 15.2. The van der Waals surface area contributed by atoms with Crippen LogP contribution < -0.4 is 4.74 Å². The summed E-state index contributed by atoms with van der Waals surface area (Å²) >= 11 is 0. The number of hydrogen-bond donors (Lipinski definition) is 0. The molecule has 200 valence electrons. The van der Waals surface area contributed by atoms with Gasteiger partial charge in [-0.05, 0) is 87.5 Å². The van der Waals surface area contributed by atoms with Gasteiger partial charge < -0.3 is 4.74 Å². The Morgan fingerprint density at radius 1 is 1.03 bits per heavy atom. The van der Waals surface area contributed by atoms with E-state index in [0.29, 0.717) is 42.9 Å². The van der Waals surface area contributed by atoms with Gasteiger partial charge in [-0.2, -0.15) is 26.0 Å². The Morgan fingerprint density at radius 2 is 1.66 bits per heavy atom. The molecule has 3 aliphatic rings. The smallest absolute Gasteiger partial charge is 0.432 e. The third-order valence-electron chi connectivity index (χ3n) is 7.93. The van der Waals surface area contributed by atoms with Gasteiger partial charge in [0.1, 0.15) is 5.75 Å². The van der Waals surface area contributed by atoms with Crippen molar-refractivity contribution in [2.24, 2.45) is 17.8 Å². The van der Waals surface area contributed by atoms with Gasteiger partial charge in [0.2, 0.25) is 0 Å². The molecule has 2 saturated carbocycles. The molecular formula is C25H36F4O4S2. The monoisotopic (exact) mass is 540 g/mol. The zero-order valence-corrected chi connectivity index (χ0v) is 22.3. The third kappa shape index (κ3) is 4.72. The lowest BCUT2D eigenvalue weighted by Gasteiger charge is -2.39. The highest BCUT2D eigenvalue weighted by Gasteiger charge is 2.73. The second kappa shape index (κ2) is 9.71. The number of fused-ring (bicyclic) bond motifs is 2. The highest BCUT2D eigenvalue weighted by molar-refractivity contribution is 8.33. The molecule has 4 rings (SSSR count). The van der Waals surface area contributed by atoms with Crippen LogP contribution in [0.1, 0.15) is 69.4 Å². The van der Waals surface area contributed by atoms with Crippen molar-refractivity contribution in [3.63, 3.8) is 0 Å². The number of hydrogen-bond acceptors (Lipinski definition) is 4. The van der Waals surface area contributed by atoms with E-state index in [1.165, 1.54) is 0 Å². The summed E-state index contributed by atoms with van der Waals surface area (Å²) in [7, 11) is -8.61. The molecule has 1 heterocycles. The van der Waals surface area contributed by atoms with Crippen molar-refractivity contribution >= 4 is 20.4 Å². The van der Waals surface area contributed by atoms with Gasteiger partial charge in [-0.25, -0.2) is 3.63 Å². The van der Waals surface area contributed by atoms with Gasteiger partial charge in [-0.3, -0.25) is 0 Å². The molecule has 0 amide bonds. The van der Waals surface area contributed by atoms with Gasteiger partial charge in [-0.15, -0.1) is 0 Å². The van der Waals surface area contributed by atoms with Crippen LogP contribution in [0.5, 0.6) is 5.75 Å². The summed E-state index contributed by atoms with van der Waals surface area (Å²) in [5, 5.41) is -5.29. The maximum atomic E-state index is 15.2. The fourth-order valence-corrected chi connectivity index (χ4v) is 11.9. The lowest BCUT2D eigenvalue weighted by atomic mass is 9.84. The van der Waals surface area contributed by atoms with E-state index in [1.54, 1.807) is 12.1 Å². The minimum atomic E-state index is -5.89. The predicted molar refractivity (Wildman–Crippen MR) is 130 cm³/mol. The number of unbranched alkanes of at least 4 members (excludes halogenated alkanes) is 1. The Balaban J connectivity index is 1.63. The molecule has 0 aromatic heterocycles. The van der Waals surface area contributed by atoms with E-state index in [9.17, 15) is 8.42 Å². The van der Waals surface area contributed by atoms with Gasteiger partial charge in [-0.1, -0.05) is 30.1 Å². The molecule has 2 aliphatic carbocycles. The number of alkyl halides is 4. The van der Waals surface area contributed by atoms with Gasteiger partial charge >= 0.3 is 21.3 Å². The maximum Gasteiger partial charge on any atom is 0.432 e. The first kappa shape index (κ1) is 27.0. The fraction of sp³-hybridized carbons (Fsp3) is 0.760. The Labute approximate surface area is 207 Å². The van der Waals surface area contributed by atoms with Crippen molar-refractivity contribution in [2.75, 3.05) is 18.1 Å². The van der Waals surface area contributed by atoms with E-state index < -0.39 is 43.4 Å². The molecule has 4 nitrogen and oxygen atoms in total. The Bertz CT molecular complexity index is 1010. The molecule has 1 aliphatic heterocycles. The second-order valence-electron chi connectivity index (χ2n) is 10.5. The van der Waals surface area contributed by atoms with Gasteiger partial charge in [0.25, 0.3) is 0 Å². The van der Waals surface area contributed by atoms with Crippen LogP contribution in [0.2, 0.25) is 0 Å². The van der Waals surface area contributed by atoms with Crippen LogP contribution in [-0.2, 0) is 13.7 Å². The average molecular weight is 541 g/mol. The summed E-state index contributed by atoms with van der Waals surface area (Å²) in [6.07, 6.45) is 4.63. The lowest BCUT2D eigenvalue weighted by Crippen LogP contribution is -2.53. The molecule has 0 spiro atoms. The SMILES string of the molecule is CCCCOc1c(C)cc(S2(OS(=O)(=O)C(F)(F)C(F)(F)C3CC4CCC3C4)CCCC2)cc1C. The molecule has 1 aromatic rings. The highest BCUT2D eigenvalue weighted by atomic mass is 32.3. The largest absolute Gasteiger partial charge is 0.493 e. The summed E-state index contributed by atoms with van der Waals surface area (Å²) in [4.78, 5) is 0.496. The quantitative estimate of drug-likeness (QED) is 0.230. The van der Waals surface area contributed by atoms with E-state index in [0.717, 1.165) is 30.4 Å². The molecule has 1 saturated heterocycles. The van der Waals surface area contributed by atoms with E-state index in [-0.39, 0.29) is 23.8 Å². The molecule has 0 N–H and O–H groups in total. The van der Waals surface area contributed by atoms with Crippen LogP contribution >= 0.6 is 10.3 Å². The molecule has 10 heteroatoms. The van der Waals surface area contributed by atoms with Crippen LogP contribution in [0.15, 0.2) is 17.0 Å². The van der Waals surface area contributed by atoms with Crippen molar-refractivity contribution in [1.29, 1.82) is 0 Å². The molecule has 0 radical (unpaired) electrons.